The summed E-state index contributed by atoms with van der Waals surface area (Å²) in [6.07, 6.45) is 11.1. The minimum absolute atomic E-state index is 0.163. The van der Waals surface area contributed by atoms with Gasteiger partial charge in [-0.3, -0.25) is 10.1 Å². The molecule has 0 aromatic carbocycles. The summed E-state index contributed by atoms with van der Waals surface area (Å²) < 4.78 is 0.309. The highest BCUT2D eigenvalue weighted by Gasteiger charge is 2.60. The zero-order chi connectivity index (χ0) is 14.4. The van der Waals surface area contributed by atoms with Crippen molar-refractivity contribution in [2.75, 3.05) is 12.8 Å². The number of carbonyl (C=O) groups is 1. The number of nitrogens with one attached hydrogen (secondary N) is 1. The third kappa shape index (κ3) is 2.39. The standard InChI is InChI=1S/C16H28N2OS/c1-12(2)13-17-16(9-10-16)14(19)18(13)11-15(20-3)7-5-4-6-8-15/h12-13,17H,4-11H2,1-3H3. The van der Waals surface area contributed by atoms with Crippen molar-refractivity contribution in [2.45, 2.75) is 75.2 Å². The topological polar surface area (TPSA) is 32.3 Å². The summed E-state index contributed by atoms with van der Waals surface area (Å²) in [4.78, 5) is 15.0. The van der Waals surface area contributed by atoms with E-state index in [2.05, 4.69) is 30.3 Å². The Balaban J connectivity index is 1.78. The molecule has 1 spiro atoms. The van der Waals surface area contributed by atoms with Crippen molar-refractivity contribution >= 4 is 17.7 Å². The van der Waals surface area contributed by atoms with Crippen LogP contribution in [0.3, 0.4) is 0 Å². The van der Waals surface area contributed by atoms with Crippen LogP contribution in [0.4, 0.5) is 0 Å². The van der Waals surface area contributed by atoms with Gasteiger partial charge in [-0.1, -0.05) is 33.1 Å². The van der Waals surface area contributed by atoms with Crippen LogP contribution in [0.15, 0.2) is 0 Å². The Labute approximate surface area is 127 Å². The summed E-state index contributed by atoms with van der Waals surface area (Å²) in [5.74, 6) is 0.872. The van der Waals surface area contributed by atoms with E-state index in [9.17, 15) is 4.79 Å². The van der Waals surface area contributed by atoms with E-state index in [0.717, 1.165) is 19.4 Å². The van der Waals surface area contributed by atoms with Gasteiger partial charge >= 0.3 is 0 Å². The number of nitrogens with zero attached hydrogens (tertiary/aromatic N) is 1. The van der Waals surface area contributed by atoms with Gasteiger partial charge in [0.25, 0.3) is 0 Å². The average Bonchev–Trinajstić information content (AvgIpc) is 3.18. The van der Waals surface area contributed by atoms with Crippen molar-refractivity contribution in [3.8, 4) is 0 Å². The lowest BCUT2D eigenvalue weighted by Gasteiger charge is -2.41. The van der Waals surface area contributed by atoms with Gasteiger partial charge in [0.15, 0.2) is 0 Å². The molecule has 1 unspecified atom stereocenters. The van der Waals surface area contributed by atoms with E-state index in [0.29, 0.717) is 16.6 Å². The molecule has 4 heteroatoms. The number of hydrogen-bond acceptors (Lipinski definition) is 3. The number of carbonyl (C=O) groups excluding carboxylic acids is 1. The molecule has 1 aliphatic heterocycles. The Kier molecular flexibility index (Phi) is 3.83. The first kappa shape index (κ1) is 14.7. The predicted molar refractivity (Wildman–Crippen MR) is 84.8 cm³/mol. The molecule has 3 rings (SSSR count). The average molecular weight is 296 g/mol. The van der Waals surface area contributed by atoms with E-state index in [1.807, 2.05) is 11.8 Å². The third-order valence-corrected chi connectivity index (χ3v) is 6.87. The minimum Gasteiger partial charge on any atom is -0.324 e. The molecule has 2 aliphatic carbocycles. The van der Waals surface area contributed by atoms with Gasteiger partial charge in [-0.15, -0.1) is 0 Å². The second kappa shape index (κ2) is 5.20. The number of amides is 1. The molecule has 1 heterocycles. The SMILES string of the molecule is CSC1(CN2C(=O)C3(CC3)NC2C(C)C)CCCCC1. The first-order valence-corrected chi connectivity index (χ1v) is 9.38. The quantitative estimate of drug-likeness (QED) is 0.865. The van der Waals surface area contributed by atoms with Crippen molar-refractivity contribution in [2.24, 2.45) is 5.92 Å². The number of hydrogen-bond donors (Lipinski definition) is 1. The van der Waals surface area contributed by atoms with Crippen molar-refractivity contribution in [1.82, 2.24) is 10.2 Å². The molecular formula is C16H28N2OS. The first-order valence-electron chi connectivity index (χ1n) is 8.16. The molecule has 1 amide bonds. The highest BCUT2D eigenvalue weighted by Crippen LogP contribution is 2.46. The molecule has 1 N–H and O–H groups in total. The monoisotopic (exact) mass is 296 g/mol. The fraction of sp³-hybridized carbons (Fsp3) is 0.938. The van der Waals surface area contributed by atoms with Gasteiger partial charge in [0.05, 0.1) is 11.7 Å². The smallest absolute Gasteiger partial charge is 0.244 e. The fourth-order valence-corrected chi connectivity index (χ4v) is 4.90. The van der Waals surface area contributed by atoms with Crippen molar-refractivity contribution in [3.05, 3.63) is 0 Å². The maximum absolute atomic E-state index is 12.8. The minimum atomic E-state index is -0.163. The molecule has 114 valence electrons. The van der Waals surface area contributed by atoms with Crippen LogP contribution in [0.5, 0.6) is 0 Å². The number of thioether (sulfide) groups is 1. The van der Waals surface area contributed by atoms with Crippen LogP contribution >= 0.6 is 11.8 Å². The summed E-state index contributed by atoms with van der Waals surface area (Å²) in [6.45, 7) is 5.41. The Morgan fingerprint density at radius 2 is 1.90 bits per heavy atom. The van der Waals surface area contributed by atoms with Gasteiger partial charge in [0.1, 0.15) is 0 Å². The van der Waals surface area contributed by atoms with Gasteiger partial charge < -0.3 is 4.90 Å². The summed E-state index contributed by atoms with van der Waals surface area (Å²) >= 11 is 1.99. The summed E-state index contributed by atoms with van der Waals surface area (Å²) in [5.41, 5.74) is -0.163. The molecule has 1 atom stereocenters. The highest BCUT2D eigenvalue weighted by atomic mass is 32.2. The Morgan fingerprint density at radius 3 is 2.40 bits per heavy atom. The van der Waals surface area contributed by atoms with Gasteiger partial charge in [-0.2, -0.15) is 11.8 Å². The second-order valence-corrected chi connectivity index (χ2v) is 8.57. The second-order valence-electron chi connectivity index (χ2n) is 7.30. The highest BCUT2D eigenvalue weighted by molar-refractivity contribution is 8.00. The molecule has 0 radical (unpaired) electrons. The van der Waals surface area contributed by atoms with E-state index in [4.69, 9.17) is 0 Å². The van der Waals surface area contributed by atoms with Crippen molar-refractivity contribution in [1.29, 1.82) is 0 Å². The number of rotatable bonds is 4. The largest absolute Gasteiger partial charge is 0.324 e. The van der Waals surface area contributed by atoms with Crippen LogP contribution < -0.4 is 5.32 Å². The molecule has 0 aromatic rings. The van der Waals surface area contributed by atoms with Crippen LogP contribution in [0, 0.1) is 5.92 Å². The molecule has 0 bridgehead atoms. The third-order valence-electron chi connectivity index (χ3n) is 5.47. The normalized spacial score (nSPS) is 31.3. The maximum Gasteiger partial charge on any atom is 0.244 e. The van der Waals surface area contributed by atoms with E-state index >= 15 is 0 Å². The molecule has 3 nitrogen and oxygen atoms in total. The van der Waals surface area contributed by atoms with E-state index in [-0.39, 0.29) is 11.7 Å². The van der Waals surface area contributed by atoms with E-state index < -0.39 is 0 Å². The van der Waals surface area contributed by atoms with Crippen LogP contribution in [0.1, 0.15) is 58.8 Å². The van der Waals surface area contributed by atoms with Gasteiger partial charge in [-0.25, -0.2) is 0 Å². The van der Waals surface area contributed by atoms with Crippen LogP contribution in [-0.2, 0) is 4.79 Å². The lowest BCUT2D eigenvalue weighted by atomic mass is 9.87. The lowest BCUT2D eigenvalue weighted by Crippen LogP contribution is -2.49. The van der Waals surface area contributed by atoms with Gasteiger partial charge in [-0.05, 0) is 37.9 Å². The molecule has 1 saturated heterocycles. The summed E-state index contributed by atoms with van der Waals surface area (Å²) in [5, 5.41) is 3.64. The maximum atomic E-state index is 12.8. The lowest BCUT2D eigenvalue weighted by molar-refractivity contribution is -0.131. The predicted octanol–water partition coefficient (Wildman–Crippen LogP) is 3.00. The molecule has 3 fully saturated rings. The zero-order valence-corrected chi connectivity index (χ0v) is 13.9. The molecule has 3 aliphatic rings. The van der Waals surface area contributed by atoms with Crippen LogP contribution in [0.25, 0.3) is 0 Å². The molecule has 2 saturated carbocycles. The fourth-order valence-electron chi connectivity index (χ4n) is 3.94. The summed E-state index contributed by atoms with van der Waals surface area (Å²) in [7, 11) is 0. The van der Waals surface area contributed by atoms with E-state index in [1.165, 1.54) is 32.1 Å². The van der Waals surface area contributed by atoms with Crippen LogP contribution in [-0.4, -0.2) is 40.1 Å². The Hall–Kier alpha value is -0.220. The van der Waals surface area contributed by atoms with E-state index in [1.54, 1.807) is 0 Å². The summed E-state index contributed by atoms with van der Waals surface area (Å²) in [6, 6.07) is 0. The Morgan fingerprint density at radius 1 is 1.25 bits per heavy atom. The molecular weight excluding hydrogens is 268 g/mol. The van der Waals surface area contributed by atoms with Crippen molar-refractivity contribution in [3.63, 3.8) is 0 Å². The molecule has 20 heavy (non-hydrogen) atoms. The van der Waals surface area contributed by atoms with Gasteiger partial charge in [0.2, 0.25) is 5.91 Å². The zero-order valence-electron chi connectivity index (χ0n) is 13.1. The first-order chi connectivity index (χ1) is 9.52. The van der Waals surface area contributed by atoms with Crippen LogP contribution in [0.2, 0.25) is 0 Å². The van der Waals surface area contributed by atoms with Gasteiger partial charge in [0, 0.05) is 11.3 Å². The molecule has 0 aromatic heterocycles. The Bertz CT molecular complexity index is 386. The van der Waals surface area contributed by atoms with Crippen molar-refractivity contribution < 1.29 is 4.79 Å².